The van der Waals surface area contributed by atoms with Crippen molar-refractivity contribution in [1.82, 2.24) is 0 Å². The van der Waals surface area contributed by atoms with Gasteiger partial charge in [0, 0.05) is 6.08 Å². The number of ether oxygens (including phenoxy) is 1. The Morgan fingerprint density at radius 1 is 1.00 bits per heavy atom. The van der Waals surface area contributed by atoms with Crippen LogP contribution in [0.3, 0.4) is 0 Å². The van der Waals surface area contributed by atoms with Gasteiger partial charge in [-0.25, -0.2) is 9.59 Å². The number of phenolic OH excluding ortho intramolecular Hbond substituents is 1. The summed E-state index contributed by atoms with van der Waals surface area (Å²) in [5, 5.41) is 34.9. The molecule has 0 saturated heterocycles. The lowest BCUT2D eigenvalue weighted by atomic mass is 10.2. The first kappa shape index (κ1) is 18.6. The number of methoxy groups -OCH3 is 1. The van der Waals surface area contributed by atoms with E-state index < -0.39 is 11.9 Å². The Morgan fingerprint density at radius 3 is 2.17 bits per heavy atom. The zero-order valence-corrected chi connectivity index (χ0v) is 12.7. The number of hydrogen-bond acceptors (Lipinski definition) is 5. The molecule has 7 nitrogen and oxygen atoms in total. The maximum Gasteiger partial charge on any atom is 0.339 e. The fourth-order valence-corrected chi connectivity index (χ4v) is 1.62. The smallest absolute Gasteiger partial charge is 0.339 e. The van der Waals surface area contributed by atoms with E-state index in [9.17, 15) is 14.7 Å². The Kier molecular flexibility index (Phi) is 6.84. The molecule has 2 rings (SSSR count). The highest BCUT2D eigenvalue weighted by Gasteiger charge is 2.05. The molecule has 2 aromatic rings. The van der Waals surface area contributed by atoms with Crippen molar-refractivity contribution < 1.29 is 34.8 Å². The van der Waals surface area contributed by atoms with E-state index >= 15 is 0 Å². The number of para-hydroxylation sites is 1. The molecule has 0 heterocycles. The van der Waals surface area contributed by atoms with Crippen molar-refractivity contribution in [2.75, 3.05) is 7.11 Å². The van der Waals surface area contributed by atoms with Gasteiger partial charge in [0.25, 0.3) is 0 Å². The molecule has 0 saturated carbocycles. The second-order valence-electron chi connectivity index (χ2n) is 4.43. The monoisotopic (exact) mass is 332 g/mol. The minimum atomic E-state index is -1.11. The predicted molar refractivity (Wildman–Crippen MR) is 86.4 cm³/mol. The molecule has 0 bridgehead atoms. The summed E-state index contributed by atoms with van der Waals surface area (Å²) in [6, 6.07) is 10.4. The Bertz CT molecular complexity index is 750. The van der Waals surface area contributed by atoms with Crippen LogP contribution < -0.4 is 4.74 Å². The van der Waals surface area contributed by atoms with Gasteiger partial charge in [0.2, 0.25) is 0 Å². The number of hydrogen-bond donors (Lipinski definition) is 4. The number of carboxylic acid groups (broad SMARTS) is 2. The fourth-order valence-electron chi connectivity index (χ4n) is 1.62. The molecule has 2 aromatic carbocycles. The van der Waals surface area contributed by atoms with E-state index in [2.05, 4.69) is 0 Å². The average molecular weight is 332 g/mol. The molecule has 0 aliphatic heterocycles. The lowest BCUT2D eigenvalue weighted by Gasteiger charge is -2.03. The molecule has 0 atom stereocenters. The number of aliphatic carboxylic acids is 1. The first-order valence-corrected chi connectivity index (χ1v) is 6.64. The largest absolute Gasteiger partial charge is 0.507 e. The highest BCUT2D eigenvalue weighted by molar-refractivity contribution is 5.90. The van der Waals surface area contributed by atoms with Gasteiger partial charge in [0.15, 0.2) is 11.5 Å². The van der Waals surface area contributed by atoms with Crippen LogP contribution in [0.15, 0.2) is 48.5 Å². The molecule has 0 amide bonds. The van der Waals surface area contributed by atoms with Crippen LogP contribution in [0.25, 0.3) is 6.08 Å². The van der Waals surface area contributed by atoms with Crippen LogP contribution in [0.1, 0.15) is 15.9 Å². The minimum Gasteiger partial charge on any atom is -0.507 e. The van der Waals surface area contributed by atoms with Crippen molar-refractivity contribution in [2.24, 2.45) is 0 Å². The lowest BCUT2D eigenvalue weighted by Crippen LogP contribution is -1.95. The Balaban J connectivity index is 0.000000254. The van der Waals surface area contributed by atoms with Gasteiger partial charge >= 0.3 is 11.9 Å². The first-order valence-electron chi connectivity index (χ1n) is 6.64. The summed E-state index contributed by atoms with van der Waals surface area (Å²) >= 11 is 0. The van der Waals surface area contributed by atoms with Crippen molar-refractivity contribution in [1.29, 1.82) is 0 Å². The van der Waals surface area contributed by atoms with Crippen LogP contribution in [-0.4, -0.2) is 39.5 Å². The third-order valence-corrected chi connectivity index (χ3v) is 2.76. The van der Waals surface area contributed by atoms with Crippen molar-refractivity contribution in [2.45, 2.75) is 0 Å². The lowest BCUT2D eigenvalue weighted by molar-refractivity contribution is -0.131. The van der Waals surface area contributed by atoms with E-state index in [1.54, 1.807) is 24.3 Å². The molecule has 126 valence electrons. The van der Waals surface area contributed by atoms with Gasteiger partial charge in [-0.2, -0.15) is 0 Å². The highest BCUT2D eigenvalue weighted by atomic mass is 16.5. The summed E-state index contributed by atoms with van der Waals surface area (Å²) in [5.74, 6) is -1.98. The Labute approximate surface area is 137 Å². The Morgan fingerprint density at radius 2 is 1.67 bits per heavy atom. The second-order valence-corrected chi connectivity index (χ2v) is 4.43. The molecular weight excluding hydrogens is 316 g/mol. The van der Waals surface area contributed by atoms with E-state index in [4.69, 9.17) is 20.1 Å². The normalized spacial score (nSPS) is 9.88. The van der Waals surface area contributed by atoms with Crippen molar-refractivity contribution in [3.05, 3.63) is 59.7 Å². The van der Waals surface area contributed by atoms with Crippen LogP contribution in [0.2, 0.25) is 0 Å². The maximum atomic E-state index is 10.3. The van der Waals surface area contributed by atoms with E-state index in [0.29, 0.717) is 11.3 Å². The first-order chi connectivity index (χ1) is 11.3. The summed E-state index contributed by atoms with van der Waals surface area (Å²) in [6.07, 6.45) is 2.44. The van der Waals surface area contributed by atoms with Crippen LogP contribution >= 0.6 is 0 Å². The molecule has 0 spiro atoms. The number of phenols is 2. The summed E-state index contributed by atoms with van der Waals surface area (Å²) in [6.45, 7) is 0. The van der Waals surface area contributed by atoms with Crippen LogP contribution in [0, 0.1) is 0 Å². The predicted octanol–water partition coefficient (Wildman–Crippen LogP) is 2.59. The van der Waals surface area contributed by atoms with Crippen molar-refractivity contribution in [3.8, 4) is 17.2 Å². The molecule has 7 heteroatoms. The van der Waals surface area contributed by atoms with Crippen molar-refractivity contribution >= 4 is 18.0 Å². The number of aromatic hydroxyl groups is 2. The van der Waals surface area contributed by atoms with Crippen LogP contribution in [-0.2, 0) is 4.79 Å². The van der Waals surface area contributed by atoms with Gasteiger partial charge in [-0.1, -0.05) is 18.2 Å². The van der Waals surface area contributed by atoms with E-state index in [1.807, 2.05) is 0 Å². The van der Waals surface area contributed by atoms with E-state index in [-0.39, 0.29) is 17.1 Å². The number of carboxylic acids is 2. The highest BCUT2D eigenvalue weighted by Crippen LogP contribution is 2.26. The van der Waals surface area contributed by atoms with Gasteiger partial charge in [0.05, 0.1) is 7.11 Å². The summed E-state index contributed by atoms with van der Waals surface area (Å²) < 4.78 is 4.86. The van der Waals surface area contributed by atoms with Gasteiger partial charge < -0.3 is 25.2 Å². The quantitative estimate of drug-likeness (QED) is 0.634. The van der Waals surface area contributed by atoms with E-state index in [0.717, 1.165) is 6.08 Å². The fraction of sp³-hybridized carbons (Fsp3) is 0.0588. The zero-order chi connectivity index (χ0) is 18.1. The molecule has 24 heavy (non-hydrogen) atoms. The third kappa shape index (κ3) is 5.72. The van der Waals surface area contributed by atoms with Crippen LogP contribution in [0.5, 0.6) is 17.2 Å². The molecule has 0 aromatic heterocycles. The number of carbonyl (C=O) groups is 2. The van der Waals surface area contributed by atoms with Gasteiger partial charge in [-0.05, 0) is 35.9 Å². The molecule has 0 aliphatic rings. The summed E-state index contributed by atoms with van der Waals surface area (Å²) in [7, 11) is 1.43. The molecular formula is C17H16O7. The molecule has 4 N–H and O–H groups in total. The van der Waals surface area contributed by atoms with E-state index in [1.165, 1.54) is 31.4 Å². The van der Waals surface area contributed by atoms with Gasteiger partial charge in [-0.15, -0.1) is 0 Å². The number of benzene rings is 2. The minimum absolute atomic E-state index is 0.0278. The second kappa shape index (κ2) is 8.84. The van der Waals surface area contributed by atoms with Crippen LogP contribution in [0.4, 0.5) is 0 Å². The molecule has 0 aliphatic carbocycles. The summed E-state index contributed by atoms with van der Waals surface area (Å²) in [5.41, 5.74) is 0.588. The Hall–Kier alpha value is -3.48. The molecule has 0 unspecified atom stereocenters. The molecule has 0 radical (unpaired) electrons. The number of aromatic carboxylic acids is 1. The third-order valence-electron chi connectivity index (χ3n) is 2.76. The topological polar surface area (TPSA) is 124 Å². The SMILES string of the molecule is COc1cc(C=CC(=O)O)ccc1O.O=C(O)c1ccccc1O. The molecule has 0 fully saturated rings. The number of rotatable bonds is 4. The van der Waals surface area contributed by atoms with Gasteiger partial charge in [-0.3, -0.25) is 0 Å². The average Bonchev–Trinajstić information content (AvgIpc) is 2.54. The summed E-state index contributed by atoms with van der Waals surface area (Å²) in [4.78, 5) is 20.5. The zero-order valence-electron chi connectivity index (χ0n) is 12.7. The standard InChI is InChI=1S/C10H10O4.C7H6O3/c1-14-9-6-7(2-4-8(9)11)3-5-10(12)13;8-6-4-2-1-3-5(6)7(9)10/h2-6,11H,1H3,(H,12,13);1-4,8H,(H,9,10). The van der Waals surface area contributed by atoms with Crippen molar-refractivity contribution in [3.63, 3.8) is 0 Å². The maximum absolute atomic E-state index is 10.3. The van der Waals surface area contributed by atoms with Gasteiger partial charge in [0.1, 0.15) is 11.3 Å².